The highest BCUT2D eigenvalue weighted by atomic mass is 16.5. The van der Waals surface area contributed by atoms with E-state index in [2.05, 4.69) is 25.3 Å². The first-order valence-electron chi connectivity index (χ1n) is 14.9. The maximum Gasteiger partial charge on any atom is 0.256 e. The molecule has 1 saturated carbocycles. The molecule has 0 radical (unpaired) electrons. The summed E-state index contributed by atoms with van der Waals surface area (Å²) >= 11 is 0. The van der Waals surface area contributed by atoms with Gasteiger partial charge in [-0.25, -0.2) is 9.97 Å². The van der Waals surface area contributed by atoms with Crippen LogP contribution in [0.5, 0.6) is 0 Å². The second kappa shape index (κ2) is 12.7. The molecule has 224 valence electrons. The molecule has 0 saturated heterocycles. The van der Waals surface area contributed by atoms with E-state index in [1.165, 1.54) is 12.3 Å². The molecule has 4 heterocycles. The number of nitrogen functional groups attached to an aromatic ring is 1. The van der Waals surface area contributed by atoms with Crippen LogP contribution in [0.2, 0.25) is 0 Å². The number of anilines is 2. The predicted octanol–water partition coefficient (Wildman–Crippen LogP) is 5.01. The standard InChI is InChI=1S/C33H34N8O3/c1-20-15-28(42)38-25-6-4-7-26(17-25)41-31-24(5-2-3-14-44-20)19-37-32(35)29(31)30(40-41)22-8-10-23(11-9-22)33(43)39-27-16-21(18-34)12-13-36-27/h2,5,8-13,16,19-20,25-26H,3-4,6-7,14-15,17H2,1H3,(H2,35,37)(H,38,42)(H,36,39,43)/b5-2+/t20-,25-,26-/m1/s1. The maximum atomic E-state index is 12.9. The minimum Gasteiger partial charge on any atom is -0.383 e. The van der Waals surface area contributed by atoms with Crippen LogP contribution in [0.1, 0.15) is 73.0 Å². The summed E-state index contributed by atoms with van der Waals surface area (Å²) in [6.07, 6.45) is 11.8. The molecule has 0 spiro atoms. The molecule has 44 heavy (non-hydrogen) atoms. The van der Waals surface area contributed by atoms with Crippen molar-refractivity contribution < 1.29 is 14.3 Å². The number of nitrogens with one attached hydrogen (secondary N) is 2. The van der Waals surface area contributed by atoms with Gasteiger partial charge in [0.15, 0.2) is 0 Å². The Kier molecular flexibility index (Phi) is 8.34. The number of carbonyl (C=O) groups excluding carboxylic acids is 2. The summed E-state index contributed by atoms with van der Waals surface area (Å²) in [6.45, 7) is 2.44. The molecule has 3 aromatic heterocycles. The van der Waals surface area contributed by atoms with Crippen molar-refractivity contribution in [2.45, 2.75) is 63.6 Å². The van der Waals surface area contributed by atoms with Gasteiger partial charge in [0, 0.05) is 35.1 Å². The van der Waals surface area contributed by atoms with Crippen LogP contribution in [0.3, 0.4) is 0 Å². The molecule has 2 amide bonds. The topological polar surface area (TPSA) is 161 Å². The van der Waals surface area contributed by atoms with Crippen LogP contribution in [-0.4, -0.2) is 50.3 Å². The number of nitrogens with two attached hydrogens (primary N) is 1. The van der Waals surface area contributed by atoms with E-state index in [1.807, 2.05) is 37.3 Å². The van der Waals surface area contributed by atoms with Crippen molar-refractivity contribution in [2.75, 3.05) is 17.7 Å². The zero-order valence-electron chi connectivity index (χ0n) is 24.5. The van der Waals surface area contributed by atoms with E-state index < -0.39 is 0 Å². The summed E-state index contributed by atoms with van der Waals surface area (Å²) in [7, 11) is 0. The number of pyridine rings is 2. The van der Waals surface area contributed by atoms with Crippen LogP contribution in [-0.2, 0) is 9.53 Å². The van der Waals surface area contributed by atoms with Gasteiger partial charge >= 0.3 is 0 Å². The summed E-state index contributed by atoms with van der Waals surface area (Å²) in [5.74, 6) is 0.340. The number of nitriles is 1. The molecule has 0 unspecified atom stereocenters. The largest absolute Gasteiger partial charge is 0.383 e. The molecule has 11 heteroatoms. The van der Waals surface area contributed by atoms with E-state index in [9.17, 15) is 9.59 Å². The lowest BCUT2D eigenvalue weighted by Crippen LogP contribution is -2.40. The molecule has 1 aromatic carbocycles. The smallest absolute Gasteiger partial charge is 0.256 e. The Morgan fingerprint density at radius 2 is 2.05 bits per heavy atom. The normalized spacial score (nSPS) is 21.4. The molecule has 4 aromatic rings. The average Bonchev–Trinajstić information content (AvgIpc) is 3.43. The number of aromatic nitrogens is 4. The fourth-order valence-electron chi connectivity index (χ4n) is 6.01. The van der Waals surface area contributed by atoms with Gasteiger partial charge in [-0.15, -0.1) is 0 Å². The molecular formula is C33H34N8O3. The zero-order valence-corrected chi connectivity index (χ0v) is 24.5. The van der Waals surface area contributed by atoms with Gasteiger partial charge in [0.1, 0.15) is 17.3 Å². The van der Waals surface area contributed by atoms with Crippen molar-refractivity contribution in [1.29, 1.82) is 5.26 Å². The molecule has 1 aliphatic heterocycles. The second-order valence-corrected chi connectivity index (χ2v) is 11.4. The van der Waals surface area contributed by atoms with Crippen molar-refractivity contribution in [3.8, 4) is 17.3 Å². The Bertz CT molecular complexity index is 1770. The van der Waals surface area contributed by atoms with Crippen LogP contribution in [0.4, 0.5) is 11.6 Å². The number of amides is 2. The number of carbonyl (C=O) groups is 2. The van der Waals surface area contributed by atoms with E-state index in [0.29, 0.717) is 47.9 Å². The fourth-order valence-corrected chi connectivity index (χ4v) is 6.01. The number of hydrogen-bond acceptors (Lipinski definition) is 8. The highest BCUT2D eigenvalue weighted by molar-refractivity contribution is 6.06. The van der Waals surface area contributed by atoms with Gasteiger partial charge in [0.2, 0.25) is 5.91 Å². The third-order valence-electron chi connectivity index (χ3n) is 8.15. The van der Waals surface area contributed by atoms with Gasteiger partial charge in [-0.05, 0) is 63.3 Å². The van der Waals surface area contributed by atoms with E-state index >= 15 is 0 Å². The highest BCUT2D eigenvalue weighted by Gasteiger charge is 2.29. The number of fused-ring (bicyclic) bond motifs is 3. The summed E-state index contributed by atoms with van der Waals surface area (Å²) in [5.41, 5.74) is 10.6. The Hall–Kier alpha value is -5.08. The minimum atomic E-state index is -0.343. The average molecular weight is 591 g/mol. The second-order valence-electron chi connectivity index (χ2n) is 11.4. The molecule has 11 nitrogen and oxygen atoms in total. The number of benzene rings is 1. The van der Waals surface area contributed by atoms with Crippen LogP contribution in [0, 0.1) is 11.3 Å². The van der Waals surface area contributed by atoms with Crippen molar-refractivity contribution in [3.63, 3.8) is 0 Å². The third kappa shape index (κ3) is 6.16. The van der Waals surface area contributed by atoms with Gasteiger partial charge in [-0.3, -0.25) is 14.3 Å². The van der Waals surface area contributed by atoms with E-state index in [0.717, 1.165) is 47.7 Å². The quantitative estimate of drug-likeness (QED) is 0.300. The van der Waals surface area contributed by atoms with Crippen LogP contribution in [0.25, 0.3) is 28.2 Å². The molecule has 2 bridgehead atoms. The Balaban J connectivity index is 1.37. The lowest BCUT2D eigenvalue weighted by molar-refractivity contribution is -0.124. The first-order valence-corrected chi connectivity index (χ1v) is 14.9. The SMILES string of the molecule is C[C@@H]1CC(=O)N[C@@H]2CCC[C@H](C2)n2nc(-c3ccc(C(=O)Nc4cc(C#N)ccn4)cc3)c3c(N)ncc(c32)/C=C/CCO1. The van der Waals surface area contributed by atoms with Crippen LogP contribution < -0.4 is 16.4 Å². The summed E-state index contributed by atoms with van der Waals surface area (Å²) < 4.78 is 7.94. The Morgan fingerprint density at radius 3 is 2.86 bits per heavy atom. The highest BCUT2D eigenvalue weighted by Crippen LogP contribution is 2.39. The Labute approximate surface area is 255 Å². The fraction of sp³-hybridized carbons (Fsp3) is 0.333. The van der Waals surface area contributed by atoms with Gasteiger partial charge in [-0.2, -0.15) is 10.4 Å². The molecule has 1 fully saturated rings. The first-order chi connectivity index (χ1) is 21.4. The monoisotopic (exact) mass is 590 g/mol. The van der Waals surface area contributed by atoms with E-state index in [1.54, 1.807) is 24.4 Å². The lowest BCUT2D eigenvalue weighted by atomic mass is 9.90. The minimum absolute atomic E-state index is 0.00591. The summed E-state index contributed by atoms with van der Waals surface area (Å²) in [6, 6.07) is 12.4. The van der Waals surface area contributed by atoms with E-state index in [4.69, 9.17) is 20.8 Å². The number of rotatable bonds is 3. The number of nitrogens with zero attached hydrogens (tertiary/aromatic N) is 5. The van der Waals surface area contributed by atoms with E-state index in [-0.39, 0.29) is 30.0 Å². The third-order valence-corrected chi connectivity index (χ3v) is 8.15. The van der Waals surface area contributed by atoms with Crippen molar-refractivity contribution in [2.24, 2.45) is 0 Å². The first kappa shape index (κ1) is 29.0. The molecular weight excluding hydrogens is 556 g/mol. The maximum absolute atomic E-state index is 12.9. The molecule has 1 aliphatic carbocycles. The van der Waals surface area contributed by atoms with Gasteiger partial charge in [0.25, 0.3) is 5.91 Å². The van der Waals surface area contributed by atoms with Crippen molar-refractivity contribution >= 4 is 40.4 Å². The van der Waals surface area contributed by atoms with Crippen LogP contribution in [0.15, 0.2) is 54.9 Å². The summed E-state index contributed by atoms with van der Waals surface area (Å²) in [5, 5.41) is 21.0. The zero-order chi connectivity index (χ0) is 30.6. The van der Waals surface area contributed by atoms with Gasteiger partial charge in [0.05, 0.1) is 47.7 Å². The number of ether oxygens (including phenoxy) is 1. The summed E-state index contributed by atoms with van der Waals surface area (Å²) in [4.78, 5) is 34.3. The number of hydrogen-bond donors (Lipinski definition) is 3. The lowest BCUT2D eigenvalue weighted by Gasteiger charge is -2.31. The van der Waals surface area contributed by atoms with Crippen molar-refractivity contribution in [3.05, 3.63) is 71.6 Å². The molecule has 4 N–H and O–H groups in total. The molecule has 6 rings (SSSR count). The van der Waals surface area contributed by atoms with Crippen molar-refractivity contribution in [1.82, 2.24) is 25.1 Å². The molecule has 2 aliphatic rings. The van der Waals surface area contributed by atoms with Crippen LogP contribution >= 0.6 is 0 Å². The Morgan fingerprint density at radius 1 is 1.20 bits per heavy atom. The van der Waals surface area contributed by atoms with Gasteiger partial charge in [-0.1, -0.05) is 24.3 Å². The predicted molar refractivity (Wildman–Crippen MR) is 167 cm³/mol. The van der Waals surface area contributed by atoms with Gasteiger partial charge < -0.3 is 21.1 Å². The molecule has 3 atom stereocenters.